The molecule has 2 aromatic rings. The van der Waals surface area contributed by atoms with Gasteiger partial charge in [-0.25, -0.2) is 0 Å². The smallest absolute Gasteiger partial charge is 0.147 e. The molecule has 5 nitrogen and oxygen atoms in total. The third kappa shape index (κ3) is 3.83. The number of hydrogen-bond donors (Lipinski definition) is 1. The van der Waals surface area contributed by atoms with Gasteiger partial charge in [-0.2, -0.15) is 5.26 Å². The molecule has 0 radical (unpaired) electrons. The van der Waals surface area contributed by atoms with Gasteiger partial charge in [-0.3, -0.25) is 0 Å². The second-order valence-electron chi connectivity index (χ2n) is 3.86. The van der Waals surface area contributed by atoms with E-state index in [0.717, 1.165) is 22.1 Å². The molecule has 1 N–H and O–H groups in total. The summed E-state index contributed by atoms with van der Waals surface area (Å²) in [6.45, 7) is 2.14. The van der Waals surface area contributed by atoms with E-state index in [9.17, 15) is 0 Å². The zero-order chi connectivity index (χ0) is 13.5. The SMILES string of the molecule is COCCNCc1nnc(-c2cccc(C#N)c2)s1. The van der Waals surface area contributed by atoms with Crippen molar-refractivity contribution in [1.82, 2.24) is 15.5 Å². The molecule has 0 bridgehead atoms. The summed E-state index contributed by atoms with van der Waals surface area (Å²) in [6.07, 6.45) is 0. The monoisotopic (exact) mass is 274 g/mol. The molecule has 0 spiro atoms. The van der Waals surface area contributed by atoms with E-state index in [-0.39, 0.29) is 0 Å². The number of aromatic nitrogens is 2. The minimum Gasteiger partial charge on any atom is -0.383 e. The molecule has 0 saturated heterocycles. The average molecular weight is 274 g/mol. The molecule has 6 heteroatoms. The Morgan fingerprint density at radius 1 is 1.42 bits per heavy atom. The summed E-state index contributed by atoms with van der Waals surface area (Å²) >= 11 is 1.53. The highest BCUT2D eigenvalue weighted by atomic mass is 32.1. The summed E-state index contributed by atoms with van der Waals surface area (Å²) in [6, 6.07) is 9.51. The molecule has 0 aliphatic carbocycles. The molecule has 19 heavy (non-hydrogen) atoms. The van der Waals surface area contributed by atoms with Crippen molar-refractivity contribution >= 4 is 11.3 Å². The van der Waals surface area contributed by atoms with Crippen LogP contribution in [-0.2, 0) is 11.3 Å². The summed E-state index contributed by atoms with van der Waals surface area (Å²) in [4.78, 5) is 0. The number of benzene rings is 1. The summed E-state index contributed by atoms with van der Waals surface area (Å²) in [7, 11) is 1.67. The second-order valence-corrected chi connectivity index (χ2v) is 4.93. The number of ether oxygens (including phenoxy) is 1. The van der Waals surface area contributed by atoms with Crippen LogP contribution in [0.1, 0.15) is 10.6 Å². The lowest BCUT2D eigenvalue weighted by Gasteiger charge is -1.99. The highest BCUT2D eigenvalue weighted by molar-refractivity contribution is 7.14. The minimum absolute atomic E-state index is 0.632. The Hall–Kier alpha value is -1.81. The quantitative estimate of drug-likeness (QED) is 0.813. The highest BCUT2D eigenvalue weighted by Gasteiger charge is 2.06. The fraction of sp³-hybridized carbons (Fsp3) is 0.308. The number of nitriles is 1. The maximum atomic E-state index is 8.88. The zero-order valence-electron chi connectivity index (χ0n) is 10.6. The van der Waals surface area contributed by atoms with Gasteiger partial charge in [0.15, 0.2) is 0 Å². The Balaban J connectivity index is 2.02. The van der Waals surface area contributed by atoms with Gasteiger partial charge < -0.3 is 10.1 Å². The third-order valence-electron chi connectivity index (χ3n) is 2.46. The van der Waals surface area contributed by atoms with Crippen molar-refractivity contribution in [3.05, 3.63) is 34.8 Å². The van der Waals surface area contributed by atoms with Crippen LogP contribution in [0.3, 0.4) is 0 Å². The van der Waals surface area contributed by atoms with E-state index in [4.69, 9.17) is 10.00 Å². The van der Waals surface area contributed by atoms with Gasteiger partial charge in [-0.05, 0) is 12.1 Å². The van der Waals surface area contributed by atoms with Crippen LogP contribution in [0.25, 0.3) is 10.6 Å². The Morgan fingerprint density at radius 2 is 2.32 bits per heavy atom. The molecule has 1 aromatic heterocycles. The first kappa shape index (κ1) is 13.6. The van der Waals surface area contributed by atoms with Crippen LogP contribution in [0.15, 0.2) is 24.3 Å². The summed E-state index contributed by atoms with van der Waals surface area (Å²) in [5.74, 6) is 0. The average Bonchev–Trinajstić information content (AvgIpc) is 2.92. The Kier molecular flexibility index (Phi) is 4.98. The molecule has 0 aliphatic rings. The van der Waals surface area contributed by atoms with Crippen molar-refractivity contribution < 1.29 is 4.74 Å². The fourth-order valence-electron chi connectivity index (χ4n) is 1.53. The van der Waals surface area contributed by atoms with Crippen molar-refractivity contribution in [3.63, 3.8) is 0 Å². The lowest BCUT2D eigenvalue weighted by atomic mass is 10.1. The first-order valence-corrected chi connectivity index (χ1v) is 6.67. The molecule has 0 fully saturated rings. The Morgan fingerprint density at radius 3 is 3.11 bits per heavy atom. The molecule has 0 saturated carbocycles. The van der Waals surface area contributed by atoms with Gasteiger partial charge >= 0.3 is 0 Å². The highest BCUT2D eigenvalue weighted by Crippen LogP contribution is 2.23. The van der Waals surface area contributed by atoms with Crippen LogP contribution in [0.2, 0.25) is 0 Å². The third-order valence-corrected chi connectivity index (χ3v) is 3.44. The molecule has 0 aliphatic heterocycles. The molecule has 98 valence electrons. The molecule has 1 aromatic carbocycles. The predicted molar refractivity (Wildman–Crippen MR) is 73.6 cm³/mol. The van der Waals surface area contributed by atoms with E-state index in [1.165, 1.54) is 11.3 Å². The van der Waals surface area contributed by atoms with Crippen LogP contribution in [0, 0.1) is 11.3 Å². The number of hydrogen-bond acceptors (Lipinski definition) is 6. The van der Waals surface area contributed by atoms with Gasteiger partial charge in [-0.15, -0.1) is 10.2 Å². The van der Waals surface area contributed by atoms with Crippen molar-refractivity contribution in [1.29, 1.82) is 5.26 Å². The number of nitrogens with one attached hydrogen (secondary N) is 1. The van der Waals surface area contributed by atoms with E-state index in [0.29, 0.717) is 18.7 Å². The maximum Gasteiger partial charge on any atom is 0.147 e. The molecule has 0 amide bonds. The van der Waals surface area contributed by atoms with E-state index in [1.807, 2.05) is 18.2 Å². The summed E-state index contributed by atoms with van der Waals surface area (Å²) in [5.41, 5.74) is 1.56. The number of rotatable bonds is 6. The Bertz CT molecular complexity index is 576. The van der Waals surface area contributed by atoms with Gasteiger partial charge in [0.25, 0.3) is 0 Å². The van der Waals surface area contributed by atoms with Gasteiger partial charge in [0, 0.05) is 25.8 Å². The van der Waals surface area contributed by atoms with Gasteiger partial charge in [0.2, 0.25) is 0 Å². The molecular formula is C13H14N4OS. The van der Waals surface area contributed by atoms with Crippen molar-refractivity contribution in [2.75, 3.05) is 20.3 Å². The van der Waals surface area contributed by atoms with Crippen molar-refractivity contribution in [2.45, 2.75) is 6.54 Å². The summed E-state index contributed by atoms with van der Waals surface area (Å²) in [5, 5.41) is 22.1. The van der Waals surface area contributed by atoms with E-state index >= 15 is 0 Å². The van der Waals surface area contributed by atoms with Crippen molar-refractivity contribution in [3.8, 4) is 16.6 Å². The van der Waals surface area contributed by atoms with Gasteiger partial charge in [-0.1, -0.05) is 23.5 Å². The number of nitrogens with zero attached hydrogens (tertiary/aromatic N) is 3. The number of methoxy groups -OCH3 is 1. The standard InChI is InChI=1S/C13H14N4OS/c1-18-6-5-15-9-12-16-17-13(19-12)11-4-2-3-10(7-11)8-14/h2-4,7,15H,5-6,9H2,1H3. The van der Waals surface area contributed by atoms with E-state index < -0.39 is 0 Å². The second kappa shape index (κ2) is 6.95. The van der Waals surface area contributed by atoms with Crippen LogP contribution in [-0.4, -0.2) is 30.5 Å². The lowest BCUT2D eigenvalue weighted by Crippen LogP contribution is -2.18. The largest absolute Gasteiger partial charge is 0.383 e. The van der Waals surface area contributed by atoms with Crippen LogP contribution < -0.4 is 5.32 Å². The molecule has 1 heterocycles. The summed E-state index contributed by atoms with van der Waals surface area (Å²) < 4.78 is 4.95. The van der Waals surface area contributed by atoms with E-state index in [2.05, 4.69) is 21.6 Å². The van der Waals surface area contributed by atoms with Gasteiger partial charge in [0.05, 0.1) is 18.2 Å². The van der Waals surface area contributed by atoms with Gasteiger partial charge in [0.1, 0.15) is 10.0 Å². The molecule has 0 atom stereocenters. The van der Waals surface area contributed by atoms with Crippen molar-refractivity contribution in [2.24, 2.45) is 0 Å². The lowest BCUT2D eigenvalue weighted by molar-refractivity contribution is 0.199. The van der Waals surface area contributed by atoms with E-state index in [1.54, 1.807) is 13.2 Å². The first-order chi connectivity index (χ1) is 9.33. The van der Waals surface area contributed by atoms with Crippen LogP contribution >= 0.6 is 11.3 Å². The molecule has 2 rings (SSSR count). The molecular weight excluding hydrogens is 260 g/mol. The minimum atomic E-state index is 0.632. The van der Waals surface area contributed by atoms with Crippen LogP contribution in [0.4, 0.5) is 0 Å². The van der Waals surface area contributed by atoms with Crippen LogP contribution in [0.5, 0.6) is 0 Å². The molecule has 0 unspecified atom stereocenters. The maximum absolute atomic E-state index is 8.88. The predicted octanol–water partition coefficient (Wildman–Crippen LogP) is 1.81. The zero-order valence-corrected chi connectivity index (χ0v) is 11.4. The topological polar surface area (TPSA) is 70.8 Å². The first-order valence-electron chi connectivity index (χ1n) is 5.86. The Labute approximate surface area is 115 Å². The fourth-order valence-corrected chi connectivity index (χ4v) is 2.34. The normalized spacial score (nSPS) is 10.3.